The number of hydrogen-bond donors (Lipinski definition) is 1. The Hall–Kier alpha value is -0.640. The summed E-state index contributed by atoms with van der Waals surface area (Å²) in [6.45, 7) is 6.93. The second-order valence-electron chi connectivity index (χ2n) is 5.69. The lowest BCUT2D eigenvalue weighted by atomic mass is 9.82. The van der Waals surface area contributed by atoms with Crippen LogP contribution in [0, 0.1) is 11.2 Å². The van der Waals surface area contributed by atoms with Crippen molar-refractivity contribution in [3.05, 3.63) is 34.6 Å². The third-order valence-electron chi connectivity index (χ3n) is 3.96. The van der Waals surface area contributed by atoms with Gasteiger partial charge in [-0.2, -0.15) is 0 Å². The molecule has 106 valence electrons. The normalized spacial score (nSPS) is 20.2. The van der Waals surface area contributed by atoms with Gasteiger partial charge < -0.3 is 10.1 Å². The third-order valence-corrected chi connectivity index (χ3v) is 4.29. The molecule has 1 atom stereocenters. The smallest absolute Gasteiger partial charge is 0.124 e. The maximum absolute atomic E-state index is 13.0. The minimum Gasteiger partial charge on any atom is -0.381 e. The zero-order chi connectivity index (χ0) is 13.9. The molecule has 1 aromatic rings. The largest absolute Gasteiger partial charge is 0.381 e. The molecule has 0 spiro atoms. The van der Waals surface area contributed by atoms with Crippen LogP contribution in [0.25, 0.3) is 0 Å². The van der Waals surface area contributed by atoms with Crippen LogP contribution in [0.1, 0.15) is 38.3 Å². The molecule has 1 aromatic carbocycles. The first kappa shape index (κ1) is 14.8. The molecule has 2 rings (SSSR count). The molecule has 1 heterocycles. The summed E-state index contributed by atoms with van der Waals surface area (Å²) >= 11 is 6.08. The molecule has 0 radical (unpaired) electrons. The van der Waals surface area contributed by atoms with Crippen molar-refractivity contribution >= 4 is 11.6 Å². The molecule has 0 amide bonds. The quantitative estimate of drug-likeness (QED) is 0.904. The van der Waals surface area contributed by atoms with Crippen molar-refractivity contribution in [2.75, 3.05) is 19.8 Å². The lowest BCUT2D eigenvalue weighted by molar-refractivity contribution is 0.0231. The summed E-state index contributed by atoms with van der Waals surface area (Å²) < 4.78 is 18.4. The van der Waals surface area contributed by atoms with Crippen molar-refractivity contribution in [1.29, 1.82) is 0 Å². The zero-order valence-electron chi connectivity index (χ0n) is 11.5. The van der Waals surface area contributed by atoms with Gasteiger partial charge >= 0.3 is 0 Å². The number of benzene rings is 1. The molecule has 1 aliphatic rings. The summed E-state index contributed by atoms with van der Waals surface area (Å²) in [5.74, 6) is -0.294. The fraction of sp³-hybridized carbons (Fsp3) is 0.600. The van der Waals surface area contributed by atoms with E-state index in [9.17, 15) is 4.39 Å². The molecule has 19 heavy (non-hydrogen) atoms. The topological polar surface area (TPSA) is 21.3 Å². The van der Waals surface area contributed by atoms with Gasteiger partial charge in [-0.05, 0) is 42.9 Å². The minimum atomic E-state index is -0.294. The van der Waals surface area contributed by atoms with Gasteiger partial charge in [0, 0.05) is 30.8 Å². The van der Waals surface area contributed by atoms with Crippen LogP contribution >= 0.6 is 11.6 Å². The Morgan fingerprint density at radius 1 is 1.42 bits per heavy atom. The van der Waals surface area contributed by atoms with Gasteiger partial charge in [-0.15, -0.1) is 0 Å². The van der Waals surface area contributed by atoms with Crippen LogP contribution < -0.4 is 5.32 Å². The van der Waals surface area contributed by atoms with E-state index < -0.39 is 0 Å². The fourth-order valence-corrected chi connectivity index (χ4v) is 2.73. The third kappa shape index (κ3) is 3.91. The van der Waals surface area contributed by atoms with Gasteiger partial charge in [0.25, 0.3) is 0 Å². The summed E-state index contributed by atoms with van der Waals surface area (Å²) in [6, 6.07) is 4.69. The van der Waals surface area contributed by atoms with E-state index in [1.807, 2.05) is 0 Å². The van der Waals surface area contributed by atoms with Crippen LogP contribution in [0.15, 0.2) is 18.2 Å². The van der Waals surface area contributed by atoms with Crippen LogP contribution in [-0.4, -0.2) is 19.8 Å². The highest BCUT2D eigenvalue weighted by molar-refractivity contribution is 6.31. The Balaban J connectivity index is 1.95. The molecule has 2 nitrogen and oxygen atoms in total. The predicted octanol–water partition coefficient (Wildman–Crippen LogP) is 3.95. The first-order chi connectivity index (χ1) is 9.00. The van der Waals surface area contributed by atoms with Crippen molar-refractivity contribution in [3.63, 3.8) is 0 Å². The average Bonchev–Trinajstić information content (AvgIpc) is 2.37. The molecule has 0 aromatic heterocycles. The molecule has 1 aliphatic heterocycles. The molecular weight excluding hydrogens is 265 g/mol. The summed E-state index contributed by atoms with van der Waals surface area (Å²) in [4.78, 5) is 0. The second-order valence-corrected chi connectivity index (χ2v) is 6.10. The number of ether oxygens (including phenoxy) is 1. The van der Waals surface area contributed by atoms with Gasteiger partial charge in [0.2, 0.25) is 0 Å². The summed E-state index contributed by atoms with van der Waals surface area (Å²) in [7, 11) is 0. The van der Waals surface area contributed by atoms with E-state index in [-0.39, 0.29) is 17.3 Å². The van der Waals surface area contributed by atoms with E-state index in [0.29, 0.717) is 5.02 Å². The lowest BCUT2D eigenvalue weighted by Gasteiger charge is -2.35. The van der Waals surface area contributed by atoms with Gasteiger partial charge in [0.05, 0.1) is 0 Å². The van der Waals surface area contributed by atoms with E-state index in [1.54, 1.807) is 6.07 Å². The van der Waals surface area contributed by atoms with E-state index in [4.69, 9.17) is 16.3 Å². The molecule has 0 bridgehead atoms. The van der Waals surface area contributed by atoms with Gasteiger partial charge in [-0.25, -0.2) is 4.39 Å². The number of halogens is 2. The van der Waals surface area contributed by atoms with Crippen LogP contribution in [0.5, 0.6) is 0 Å². The summed E-state index contributed by atoms with van der Waals surface area (Å²) in [5.41, 5.74) is 1.22. The van der Waals surface area contributed by atoms with Crippen LogP contribution in [-0.2, 0) is 4.74 Å². The Bertz CT molecular complexity index is 432. The van der Waals surface area contributed by atoms with Gasteiger partial charge in [-0.3, -0.25) is 0 Å². The monoisotopic (exact) mass is 285 g/mol. The van der Waals surface area contributed by atoms with Crippen molar-refractivity contribution in [1.82, 2.24) is 5.32 Å². The number of nitrogens with one attached hydrogen (secondary N) is 1. The lowest BCUT2D eigenvalue weighted by Crippen LogP contribution is -2.37. The highest BCUT2D eigenvalue weighted by Gasteiger charge is 2.27. The zero-order valence-corrected chi connectivity index (χ0v) is 12.3. The van der Waals surface area contributed by atoms with Gasteiger partial charge in [0.1, 0.15) is 5.82 Å². The van der Waals surface area contributed by atoms with Crippen molar-refractivity contribution in [2.45, 2.75) is 32.7 Å². The minimum absolute atomic E-state index is 0.118. The first-order valence-corrected chi connectivity index (χ1v) is 7.14. The van der Waals surface area contributed by atoms with E-state index in [2.05, 4.69) is 19.2 Å². The van der Waals surface area contributed by atoms with Crippen molar-refractivity contribution in [3.8, 4) is 0 Å². The Morgan fingerprint density at radius 3 is 2.74 bits per heavy atom. The molecule has 1 N–H and O–H groups in total. The molecule has 4 heteroatoms. The summed E-state index contributed by atoms with van der Waals surface area (Å²) in [5, 5.41) is 3.99. The highest BCUT2D eigenvalue weighted by atomic mass is 35.5. The van der Waals surface area contributed by atoms with E-state index in [0.717, 1.165) is 38.2 Å². The SMILES string of the molecule is CC(NCC1(C)CCOCC1)c1ccc(F)cc1Cl. The average molecular weight is 286 g/mol. The molecule has 0 saturated carbocycles. The standard InChI is InChI=1S/C15H21ClFNO/c1-11(13-4-3-12(17)9-14(13)16)18-10-15(2)5-7-19-8-6-15/h3-4,9,11,18H,5-8,10H2,1-2H3. The Morgan fingerprint density at radius 2 is 2.11 bits per heavy atom. The van der Waals surface area contributed by atoms with Crippen LogP contribution in [0.4, 0.5) is 4.39 Å². The molecular formula is C15H21ClFNO. The molecule has 1 saturated heterocycles. The van der Waals surface area contributed by atoms with E-state index >= 15 is 0 Å². The van der Waals surface area contributed by atoms with Gasteiger partial charge in [0.15, 0.2) is 0 Å². The summed E-state index contributed by atoms with van der Waals surface area (Å²) in [6.07, 6.45) is 2.15. The Kier molecular flexibility index (Phi) is 4.82. The Labute approximate surface area is 119 Å². The molecule has 0 aliphatic carbocycles. The second kappa shape index (κ2) is 6.21. The maximum Gasteiger partial charge on any atom is 0.124 e. The van der Waals surface area contributed by atoms with Gasteiger partial charge in [-0.1, -0.05) is 24.6 Å². The van der Waals surface area contributed by atoms with Crippen molar-refractivity contribution < 1.29 is 9.13 Å². The van der Waals surface area contributed by atoms with Crippen LogP contribution in [0.3, 0.4) is 0 Å². The molecule has 1 unspecified atom stereocenters. The highest BCUT2D eigenvalue weighted by Crippen LogP contribution is 2.30. The predicted molar refractivity (Wildman–Crippen MR) is 76.0 cm³/mol. The fourth-order valence-electron chi connectivity index (χ4n) is 2.40. The number of rotatable bonds is 4. The van der Waals surface area contributed by atoms with Crippen LogP contribution in [0.2, 0.25) is 5.02 Å². The van der Waals surface area contributed by atoms with Crippen molar-refractivity contribution in [2.24, 2.45) is 5.41 Å². The maximum atomic E-state index is 13.0. The van der Waals surface area contributed by atoms with E-state index in [1.165, 1.54) is 12.1 Å². The molecule has 1 fully saturated rings. The number of hydrogen-bond acceptors (Lipinski definition) is 2. The first-order valence-electron chi connectivity index (χ1n) is 6.76.